The van der Waals surface area contributed by atoms with Gasteiger partial charge >= 0.3 is 0 Å². The number of benzene rings is 2. The maximum absolute atomic E-state index is 13.8. The van der Waals surface area contributed by atoms with Gasteiger partial charge in [0.15, 0.2) is 0 Å². The minimum absolute atomic E-state index is 0.136. The maximum atomic E-state index is 13.8. The van der Waals surface area contributed by atoms with Crippen LogP contribution in [-0.4, -0.2) is 17.9 Å². The molecule has 0 fully saturated rings. The van der Waals surface area contributed by atoms with E-state index >= 15 is 0 Å². The van der Waals surface area contributed by atoms with Crippen molar-refractivity contribution in [3.63, 3.8) is 0 Å². The summed E-state index contributed by atoms with van der Waals surface area (Å²) in [6.45, 7) is 0. The summed E-state index contributed by atoms with van der Waals surface area (Å²) in [5, 5.41) is 0.517. The van der Waals surface area contributed by atoms with Crippen LogP contribution in [0.15, 0.2) is 47.4 Å². The van der Waals surface area contributed by atoms with Gasteiger partial charge in [0.1, 0.15) is 17.7 Å². The molecule has 0 radical (unpaired) electrons. The highest BCUT2D eigenvalue weighted by Gasteiger charge is 2.26. The second-order valence-electron chi connectivity index (χ2n) is 5.02. The van der Waals surface area contributed by atoms with Gasteiger partial charge in [0.25, 0.3) is 0 Å². The highest BCUT2D eigenvalue weighted by molar-refractivity contribution is 7.99. The van der Waals surface area contributed by atoms with Crippen LogP contribution in [-0.2, 0) is 6.42 Å². The van der Waals surface area contributed by atoms with E-state index in [9.17, 15) is 4.39 Å². The summed E-state index contributed by atoms with van der Waals surface area (Å²) in [4.78, 5) is 1.12. The first kappa shape index (κ1) is 14.7. The molecule has 2 aromatic rings. The van der Waals surface area contributed by atoms with Crippen LogP contribution >= 0.6 is 23.4 Å². The number of halogens is 2. The Kier molecular flexibility index (Phi) is 4.38. The largest absolute Gasteiger partial charge is 0.487 e. The first-order chi connectivity index (χ1) is 10.1. The van der Waals surface area contributed by atoms with Gasteiger partial charge in [-0.05, 0) is 42.3 Å². The second-order valence-corrected chi connectivity index (χ2v) is 6.52. The van der Waals surface area contributed by atoms with Crippen molar-refractivity contribution < 1.29 is 9.13 Å². The van der Waals surface area contributed by atoms with Gasteiger partial charge in [-0.25, -0.2) is 4.39 Å². The second kappa shape index (κ2) is 6.26. The van der Waals surface area contributed by atoms with Gasteiger partial charge in [0.2, 0.25) is 0 Å². The van der Waals surface area contributed by atoms with Crippen molar-refractivity contribution in [2.24, 2.45) is 5.73 Å². The molecule has 0 aromatic heterocycles. The molecule has 2 atom stereocenters. The predicted octanol–water partition coefficient (Wildman–Crippen LogP) is 3.90. The molecule has 1 heterocycles. The van der Waals surface area contributed by atoms with E-state index in [1.807, 2.05) is 24.3 Å². The summed E-state index contributed by atoms with van der Waals surface area (Å²) >= 11 is 7.63. The van der Waals surface area contributed by atoms with Crippen LogP contribution in [0.2, 0.25) is 5.02 Å². The summed E-state index contributed by atoms with van der Waals surface area (Å²) < 4.78 is 19.7. The quantitative estimate of drug-likeness (QED) is 0.930. The summed E-state index contributed by atoms with van der Waals surface area (Å²) in [6.07, 6.45) is 0.267. The molecule has 0 spiro atoms. The normalized spacial score (nSPS) is 18.7. The van der Waals surface area contributed by atoms with Crippen molar-refractivity contribution in [2.45, 2.75) is 23.5 Å². The average molecular weight is 324 g/mol. The number of nitrogens with two attached hydrogens (primary N) is 1. The van der Waals surface area contributed by atoms with Crippen molar-refractivity contribution in [3.05, 3.63) is 58.9 Å². The predicted molar refractivity (Wildman–Crippen MR) is 84.7 cm³/mol. The maximum Gasteiger partial charge on any atom is 0.133 e. The molecular weight excluding hydrogens is 309 g/mol. The van der Waals surface area contributed by atoms with E-state index < -0.39 is 0 Å². The summed E-state index contributed by atoms with van der Waals surface area (Å²) in [6, 6.07) is 12.1. The molecule has 3 rings (SSSR count). The van der Waals surface area contributed by atoms with E-state index in [4.69, 9.17) is 22.1 Å². The molecule has 2 aromatic carbocycles. The Bertz CT molecular complexity index is 652. The smallest absolute Gasteiger partial charge is 0.133 e. The third-order valence-corrected chi connectivity index (χ3v) is 4.85. The number of ether oxygens (including phenoxy) is 1. The lowest BCUT2D eigenvalue weighted by Crippen LogP contribution is -2.43. The van der Waals surface area contributed by atoms with E-state index in [1.165, 1.54) is 12.1 Å². The van der Waals surface area contributed by atoms with Gasteiger partial charge in [-0.3, -0.25) is 0 Å². The van der Waals surface area contributed by atoms with E-state index in [-0.39, 0.29) is 18.0 Å². The molecule has 1 aliphatic heterocycles. The molecule has 0 bridgehead atoms. The van der Waals surface area contributed by atoms with Crippen LogP contribution in [0.3, 0.4) is 0 Å². The van der Waals surface area contributed by atoms with Gasteiger partial charge in [-0.15, -0.1) is 11.8 Å². The molecular formula is C16H15ClFNOS. The third-order valence-electron chi connectivity index (χ3n) is 3.47. The average Bonchev–Trinajstić information content (AvgIpc) is 2.50. The zero-order valence-corrected chi connectivity index (χ0v) is 12.8. The molecule has 0 amide bonds. The number of hydrogen-bond acceptors (Lipinski definition) is 3. The Labute approximate surface area is 132 Å². The number of para-hydroxylation sites is 1. The lowest BCUT2D eigenvalue weighted by atomic mass is 10.0. The molecule has 0 aliphatic carbocycles. The van der Waals surface area contributed by atoms with Crippen molar-refractivity contribution >= 4 is 23.4 Å². The Morgan fingerprint density at radius 2 is 2.14 bits per heavy atom. The number of fused-ring (bicyclic) bond motifs is 1. The van der Waals surface area contributed by atoms with Crippen LogP contribution in [0.5, 0.6) is 5.75 Å². The molecule has 0 saturated heterocycles. The molecule has 2 unspecified atom stereocenters. The molecule has 110 valence electrons. The van der Waals surface area contributed by atoms with E-state index in [1.54, 1.807) is 17.8 Å². The van der Waals surface area contributed by atoms with Crippen molar-refractivity contribution in [1.82, 2.24) is 0 Å². The summed E-state index contributed by atoms with van der Waals surface area (Å²) in [5.41, 5.74) is 6.74. The molecule has 21 heavy (non-hydrogen) atoms. The minimum Gasteiger partial charge on any atom is -0.487 e. The van der Waals surface area contributed by atoms with Gasteiger partial charge < -0.3 is 10.5 Å². The summed E-state index contributed by atoms with van der Waals surface area (Å²) in [7, 11) is 0. The number of thioether (sulfide) groups is 1. The Morgan fingerprint density at radius 3 is 3.00 bits per heavy atom. The lowest BCUT2D eigenvalue weighted by molar-refractivity contribution is 0.183. The van der Waals surface area contributed by atoms with Crippen molar-refractivity contribution in [1.29, 1.82) is 0 Å². The topological polar surface area (TPSA) is 35.2 Å². The third kappa shape index (κ3) is 3.34. The zero-order chi connectivity index (χ0) is 14.8. The fourth-order valence-corrected chi connectivity index (χ4v) is 3.62. The number of rotatable bonds is 3. The minimum atomic E-state index is -0.279. The van der Waals surface area contributed by atoms with Crippen LogP contribution in [0.25, 0.3) is 0 Å². The van der Waals surface area contributed by atoms with E-state index in [2.05, 4.69) is 0 Å². The van der Waals surface area contributed by atoms with Crippen molar-refractivity contribution in [2.75, 3.05) is 5.75 Å². The van der Waals surface area contributed by atoms with E-state index in [0.717, 1.165) is 16.4 Å². The first-order valence-electron chi connectivity index (χ1n) is 6.71. The van der Waals surface area contributed by atoms with Crippen LogP contribution in [0.1, 0.15) is 5.56 Å². The SMILES string of the molecule is NC(Cc1cc(Cl)ccc1F)C1CSc2ccccc2O1. The van der Waals surface area contributed by atoms with Gasteiger partial charge in [0, 0.05) is 21.7 Å². The summed E-state index contributed by atoms with van der Waals surface area (Å²) in [5.74, 6) is 1.33. The standard InChI is InChI=1S/C16H15ClFNOS/c17-11-5-6-12(18)10(7-11)8-13(19)15-9-21-16-4-2-1-3-14(16)20-15/h1-7,13,15H,8-9,19H2. The molecule has 2 nitrogen and oxygen atoms in total. The molecule has 1 aliphatic rings. The van der Waals surface area contributed by atoms with Gasteiger partial charge in [-0.1, -0.05) is 23.7 Å². The zero-order valence-electron chi connectivity index (χ0n) is 11.3. The van der Waals surface area contributed by atoms with Crippen LogP contribution in [0, 0.1) is 5.82 Å². The molecule has 0 saturated carbocycles. The van der Waals surface area contributed by atoms with Crippen molar-refractivity contribution in [3.8, 4) is 5.75 Å². The van der Waals surface area contributed by atoms with E-state index in [0.29, 0.717) is 17.0 Å². The Hall–Kier alpha value is -1.23. The fraction of sp³-hybridized carbons (Fsp3) is 0.250. The van der Waals surface area contributed by atoms with Crippen LogP contribution < -0.4 is 10.5 Å². The first-order valence-corrected chi connectivity index (χ1v) is 8.08. The van der Waals surface area contributed by atoms with Crippen LogP contribution in [0.4, 0.5) is 4.39 Å². The van der Waals surface area contributed by atoms with Gasteiger partial charge in [0.05, 0.1) is 0 Å². The fourth-order valence-electron chi connectivity index (χ4n) is 2.33. The highest BCUT2D eigenvalue weighted by Crippen LogP contribution is 2.35. The molecule has 2 N–H and O–H groups in total. The lowest BCUT2D eigenvalue weighted by Gasteiger charge is -2.30. The molecule has 5 heteroatoms. The Morgan fingerprint density at radius 1 is 1.33 bits per heavy atom. The monoisotopic (exact) mass is 323 g/mol. The highest BCUT2D eigenvalue weighted by atomic mass is 35.5. The van der Waals surface area contributed by atoms with Gasteiger partial charge in [-0.2, -0.15) is 0 Å². The Balaban J connectivity index is 1.72. The number of hydrogen-bond donors (Lipinski definition) is 1.